The molecule has 0 aromatic carbocycles. The lowest BCUT2D eigenvalue weighted by atomic mass is 9.89. The van der Waals surface area contributed by atoms with Gasteiger partial charge < -0.3 is 4.90 Å². The Morgan fingerprint density at radius 2 is 2.00 bits per heavy atom. The zero-order valence-corrected chi connectivity index (χ0v) is 9.50. The standard InChI is InChI=1S/C12H22N2/c1-11(8-13)9-14(2)10-12-6-4-3-5-7-12/h11-12H,3-7,9-10H2,1-2H3. The molecular formula is C12H22N2. The number of hydrogen-bond donors (Lipinski definition) is 0. The van der Waals surface area contributed by atoms with Crippen molar-refractivity contribution in [2.24, 2.45) is 11.8 Å². The molecule has 1 fully saturated rings. The smallest absolute Gasteiger partial charge is 0.0666 e. The van der Waals surface area contributed by atoms with Crippen molar-refractivity contribution in [1.29, 1.82) is 5.26 Å². The summed E-state index contributed by atoms with van der Waals surface area (Å²) >= 11 is 0. The van der Waals surface area contributed by atoms with Crippen LogP contribution in [0, 0.1) is 23.2 Å². The van der Waals surface area contributed by atoms with E-state index in [-0.39, 0.29) is 5.92 Å². The summed E-state index contributed by atoms with van der Waals surface area (Å²) in [7, 11) is 2.14. The van der Waals surface area contributed by atoms with Crippen LogP contribution in [-0.4, -0.2) is 25.0 Å². The Balaban J connectivity index is 2.18. The zero-order valence-electron chi connectivity index (χ0n) is 9.50. The third-order valence-electron chi connectivity index (χ3n) is 3.10. The Morgan fingerprint density at radius 3 is 2.57 bits per heavy atom. The largest absolute Gasteiger partial charge is 0.305 e. The minimum absolute atomic E-state index is 0.170. The molecule has 1 atom stereocenters. The van der Waals surface area contributed by atoms with Crippen LogP contribution in [0.25, 0.3) is 0 Å². The number of nitrogens with zero attached hydrogens (tertiary/aromatic N) is 2. The molecule has 1 saturated carbocycles. The highest BCUT2D eigenvalue weighted by Gasteiger charge is 2.16. The Hall–Kier alpha value is -0.550. The summed E-state index contributed by atoms with van der Waals surface area (Å²) in [6.07, 6.45) is 7.03. The predicted octanol–water partition coefficient (Wildman–Crippen LogP) is 2.66. The molecule has 0 aromatic rings. The van der Waals surface area contributed by atoms with Crippen LogP contribution < -0.4 is 0 Å². The van der Waals surface area contributed by atoms with E-state index in [0.717, 1.165) is 12.5 Å². The molecule has 1 unspecified atom stereocenters. The monoisotopic (exact) mass is 194 g/mol. The maximum absolute atomic E-state index is 8.71. The van der Waals surface area contributed by atoms with E-state index in [1.54, 1.807) is 0 Å². The van der Waals surface area contributed by atoms with Crippen LogP contribution in [0.15, 0.2) is 0 Å². The van der Waals surface area contributed by atoms with Gasteiger partial charge in [0.2, 0.25) is 0 Å². The van der Waals surface area contributed by atoms with Gasteiger partial charge in [-0.2, -0.15) is 5.26 Å². The lowest BCUT2D eigenvalue weighted by Crippen LogP contribution is -2.30. The van der Waals surface area contributed by atoms with Crippen molar-refractivity contribution >= 4 is 0 Å². The molecule has 0 aliphatic heterocycles. The molecular weight excluding hydrogens is 172 g/mol. The van der Waals surface area contributed by atoms with Crippen LogP contribution in [0.5, 0.6) is 0 Å². The fourth-order valence-corrected chi connectivity index (χ4v) is 2.39. The molecule has 0 aromatic heterocycles. The van der Waals surface area contributed by atoms with Crippen LogP contribution in [0.3, 0.4) is 0 Å². The number of hydrogen-bond acceptors (Lipinski definition) is 2. The van der Waals surface area contributed by atoms with Gasteiger partial charge in [0.1, 0.15) is 0 Å². The molecule has 2 heteroatoms. The van der Waals surface area contributed by atoms with Gasteiger partial charge in [-0.1, -0.05) is 19.3 Å². The summed E-state index contributed by atoms with van der Waals surface area (Å²) in [5, 5.41) is 8.71. The summed E-state index contributed by atoms with van der Waals surface area (Å²) in [5.74, 6) is 1.06. The van der Waals surface area contributed by atoms with Crippen molar-refractivity contribution in [2.75, 3.05) is 20.1 Å². The molecule has 0 heterocycles. The second kappa shape index (κ2) is 6.03. The van der Waals surface area contributed by atoms with Crippen molar-refractivity contribution < 1.29 is 0 Å². The van der Waals surface area contributed by atoms with Gasteiger partial charge >= 0.3 is 0 Å². The molecule has 0 radical (unpaired) electrons. The third kappa shape index (κ3) is 4.11. The number of nitriles is 1. The quantitative estimate of drug-likeness (QED) is 0.688. The molecule has 0 N–H and O–H groups in total. The van der Waals surface area contributed by atoms with Gasteiger partial charge in [0.05, 0.1) is 12.0 Å². The lowest BCUT2D eigenvalue weighted by Gasteiger charge is -2.27. The minimum atomic E-state index is 0.170. The molecule has 0 amide bonds. The van der Waals surface area contributed by atoms with E-state index >= 15 is 0 Å². The van der Waals surface area contributed by atoms with E-state index in [1.165, 1.54) is 38.6 Å². The average Bonchev–Trinajstić information content (AvgIpc) is 2.19. The van der Waals surface area contributed by atoms with E-state index in [0.29, 0.717) is 0 Å². The molecule has 2 nitrogen and oxygen atoms in total. The molecule has 1 aliphatic rings. The topological polar surface area (TPSA) is 27.0 Å². The van der Waals surface area contributed by atoms with Crippen LogP contribution in [-0.2, 0) is 0 Å². The summed E-state index contributed by atoms with van der Waals surface area (Å²) < 4.78 is 0. The molecule has 0 saturated heterocycles. The first-order valence-corrected chi connectivity index (χ1v) is 5.80. The van der Waals surface area contributed by atoms with E-state index < -0.39 is 0 Å². The molecule has 0 bridgehead atoms. The lowest BCUT2D eigenvalue weighted by molar-refractivity contribution is 0.223. The molecule has 1 aliphatic carbocycles. The van der Waals surface area contributed by atoms with E-state index in [4.69, 9.17) is 5.26 Å². The Labute approximate surface area is 87.9 Å². The SMILES string of the molecule is CC(C#N)CN(C)CC1CCCCC1. The van der Waals surface area contributed by atoms with Crippen LogP contribution in [0.4, 0.5) is 0 Å². The van der Waals surface area contributed by atoms with Gasteiger partial charge in [0, 0.05) is 13.1 Å². The first kappa shape index (κ1) is 11.5. The van der Waals surface area contributed by atoms with Gasteiger partial charge in [0.25, 0.3) is 0 Å². The second-order valence-electron chi connectivity index (χ2n) is 4.76. The first-order chi connectivity index (χ1) is 6.72. The Bertz CT molecular complexity index is 189. The fraction of sp³-hybridized carbons (Fsp3) is 0.917. The second-order valence-corrected chi connectivity index (χ2v) is 4.76. The van der Waals surface area contributed by atoms with E-state index in [2.05, 4.69) is 18.0 Å². The molecule has 1 rings (SSSR count). The van der Waals surface area contributed by atoms with Gasteiger partial charge in [0.15, 0.2) is 0 Å². The Kier molecular flexibility index (Phi) is 4.97. The maximum Gasteiger partial charge on any atom is 0.0666 e. The van der Waals surface area contributed by atoms with Gasteiger partial charge in [-0.05, 0) is 32.7 Å². The van der Waals surface area contributed by atoms with Gasteiger partial charge in [-0.15, -0.1) is 0 Å². The molecule has 0 spiro atoms. The van der Waals surface area contributed by atoms with Crippen molar-refractivity contribution in [2.45, 2.75) is 39.0 Å². The molecule has 14 heavy (non-hydrogen) atoms. The van der Waals surface area contributed by atoms with Crippen molar-refractivity contribution in [3.05, 3.63) is 0 Å². The predicted molar refractivity (Wildman–Crippen MR) is 58.8 cm³/mol. The van der Waals surface area contributed by atoms with Crippen LogP contribution >= 0.6 is 0 Å². The maximum atomic E-state index is 8.71. The average molecular weight is 194 g/mol. The molecule has 80 valence electrons. The number of rotatable bonds is 4. The summed E-state index contributed by atoms with van der Waals surface area (Å²) in [4.78, 5) is 2.32. The van der Waals surface area contributed by atoms with Crippen molar-refractivity contribution in [3.63, 3.8) is 0 Å². The highest BCUT2D eigenvalue weighted by Crippen LogP contribution is 2.24. The highest BCUT2D eigenvalue weighted by molar-refractivity contribution is 4.81. The normalized spacial score (nSPS) is 20.7. The van der Waals surface area contributed by atoms with Crippen LogP contribution in [0.2, 0.25) is 0 Å². The Morgan fingerprint density at radius 1 is 1.36 bits per heavy atom. The van der Waals surface area contributed by atoms with Gasteiger partial charge in [-0.3, -0.25) is 0 Å². The third-order valence-corrected chi connectivity index (χ3v) is 3.10. The highest BCUT2D eigenvalue weighted by atomic mass is 15.1. The summed E-state index contributed by atoms with van der Waals surface area (Å²) in [6, 6.07) is 2.29. The fourth-order valence-electron chi connectivity index (χ4n) is 2.39. The summed E-state index contributed by atoms with van der Waals surface area (Å²) in [6.45, 7) is 4.11. The van der Waals surface area contributed by atoms with E-state index in [1.807, 2.05) is 6.92 Å². The van der Waals surface area contributed by atoms with Crippen LogP contribution in [0.1, 0.15) is 39.0 Å². The van der Waals surface area contributed by atoms with Crippen molar-refractivity contribution in [1.82, 2.24) is 4.90 Å². The summed E-state index contributed by atoms with van der Waals surface area (Å²) in [5.41, 5.74) is 0. The zero-order chi connectivity index (χ0) is 10.4. The first-order valence-electron chi connectivity index (χ1n) is 5.80. The minimum Gasteiger partial charge on any atom is -0.305 e. The van der Waals surface area contributed by atoms with Crippen molar-refractivity contribution in [3.8, 4) is 6.07 Å². The van der Waals surface area contributed by atoms with Gasteiger partial charge in [-0.25, -0.2) is 0 Å². The van der Waals surface area contributed by atoms with E-state index in [9.17, 15) is 0 Å².